The molecule has 11 heteroatoms. The fraction of sp³-hybridized carbons (Fsp3) is 0.643. The van der Waals surface area contributed by atoms with Crippen molar-refractivity contribution in [2.24, 2.45) is 5.92 Å². The van der Waals surface area contributed by atoms with Gasteiger partial charge in [0.25, 0.3) is 5.91 Å². The van der Waals surface area contributed by atoms with Crippen LogP contribution in [0.2, 0.25) is 0 Å². The monoisotopic (exact) mass is 541 g/mol. The second-order valence-corrected chi connectivity index (χ2v) is 11.0. The molecule has 1 aromatic carbocycles. The van der Waals surface area contributed by atoms with Crippen LogP contribution in [0, 0.1) is 5.92 Å². The second kappa shape index (κ2) is 13.4. The van der Waals surface area contributed by atoms with Gasteiger partial charge >= 0.3 is 0 Å². The van der Waals surface area contributed by atoms with E-state index in [1.807, 2.05) is 44.3 Å². The summed E-state index contributed by atoms with van der Waals surface area (Å²) in [6.45, 7) is 9.40. The van der Waals surface area contributed by atoms with Crippen molar-refractivity contribution in [3.05, 3.63) is 41.7 Å². The molecule has 1 aromatic heterocycles. The molecule has 1 fully saturated rings. The van der Waals surface area contributed by atoms with Crippen molar-refractivity contribution in [2.45, 2.75) is 52.0 Å². The lowest BCUT2D eigenvalue weighted by molar-refractivity contribution is -0.136. The molecule has 2 amide bonds. The number of piperazine rings is 1. The van der Waals surface area contributed by atoms with Crippen molar-refractivity contribution in [2.75, 3.05) is 64.9 Å². The quantitative estimate of drug-likeness (QED) is 0.584. The van der Waals surface area contributed by atoms with Crippen LogP contribution in [0.3, 0.4) is 0 Å². The third-order valence-corrected chi connectivity index (χ3v) is 7.83. The zero-order chi connectivity index (χ0) is 27.9. The first-order valence-electron chi connectivity index (χ1n) is 13.9. The van der Waals surface area contributed by atoms with E-state index in [0.717, 1.165) is 31.9 Å². The number of hydrogen-bond acceptors (Lipinski definition) is 8. The van der Waals surface area contributed by atoms with Crippen molar-refractivity contribution in [3.63, 3.8) is 0 Å². The van der Waals surface area contributed by atoms with Crippen molar-refractivity contribution in [1.29, 1.82) is 0 Å². The molecule has 39 heavy (non-hydrogen) atoms. The van der Waals surface area contributed by atoms with Crippen LogP contribution in [0.5, 0.6) is 0 Å². The summed E-state index contributed by atoms with van der Waals surface area (Å²) >= 11 is 0. The minimum Gasteiger partial charge on any atom is -0.394 e. The van der Waals surface area contributed by atoms with Crippen LogP contribution in [-0.2, 0) is 22.7 Å². The topological polar surface area (TPSA) is 107 Å². The normalized spacial score (nSPS) is 22.5. The summed E-state index contributed by atoms with van der Waals surface area (Å²) < 4.78 is 8.03. The molecule has 3 atom stereocenters. The van der Waals surface area contributed by atoms with Gasteiger partial charge in [-0.2, -0.15) is 0 Å². The van der Waals surface area contributed by atoms with Crippen LogP contribution in [0.25, 0.3) is 0 Å². The van der Waals surface area contributed by atoms with Crippen LogP contribution < -0.4 is 4.90 Å². The Balaban J connectivity index is 1.46. The number of ether oxygens (including phenoxy) is 1. The van der Waals surface area contributed by atoms with Gasteiger partial charge in [0.2, 0.25) is 5.91 Å². The number of amides is 2. The first-order valence-corrected chi connectivity index (χ1v) is 13.9. The molecule has 11 nitrogen and oxygen atoms in total. The number of aliphatic hydroxyl groups is 1. The summed E-state index contributed by atoms with van der Waals surface area (Å²) in [6, 6.07) is 7.52. The van der Waals surface area contributed by atoms with E-state index in [2.05, 4.69) is 27.2 Å². The number of fused-ring (bicyclic) bond motifs is 2. The maximum Gasteiger partial charge on any atom is 0.253 e. The van der Waals surface area contributed by atoms with E-state index in [1.165, 1.54) is 0 Å². The highest BCUT2D eigenvalue weighted by molar-refractivity contribution is 5.94. The number of carbonyl (C=O) groups is 2. The molecule has 214 valence electrons. The number of hydrogen-bond donors (Lipinski definition) is 1. The molecule has 0 unspecified atom stereocenters. The van der Waals surface area contributed by atoms with Gasteiger partial charge in [-0.05, 0) is 44.7 Å². The van der Waals surface area contributed by atoms with E-state index >= 15 is 0 Å². The molecule has 0 aliphatic carbocycles. The van der Waals surface area contributed by atoms with Crippen molar-refractivity contribution in [3.8, 4) is 0 Å². The van der Waals surface area contributed by atoms with Crippen LogP contribution in [0.4, 0.5) is 5.69 Å². The minimum absolute atomic E-state index is 0.00777. The molecular weight excluding hydrogens is 498 g/mol. The largest absolute Gasteiger partial charge is 0.394 e. The van der Waals surface area contributed by atoms with Gasteiger partial charge in [-0.1, -0.05) is 12.1 Å². The highest BCUT2D eigenvalue weighted by atomic mass is 16.5. The molecule has 4 rings (SSSR count). The Kier molecular flexibility index (Phi) is 9.93. The van der Waals surface area contributed by atoms with Crippen LogP contribution in [0.1, 0.15) is 42.7 Å². The number of rotatable bonds is 6. The lowest BCUT2D eigenvalue weighted by Crippen LogP contribution is -2.47. The lowest BCUT2D eigenvalue weighted by Gasteiger charge is -2.35. The molecule has 1 saturated heterocycles. The number of likely N-dealkylation sites (N-methyl/N-ethyl adjacent to an activating group) is 2. The maximum absolute atomic E-state index is 13.4. The molecule has 1 N–H and O–H groups in total. The summed E-state index contributed by atoms with van der Waals surface area (Å²) in [5, 5.41) is 18.2. The van der Waals surface area contributed by atoms with Gasteiger partial charge in [0.15, 0.2) is 0 Å². The first-order chi connectivity index (χ1) is 18.7. The van der Waals surface area contributed by atoms with Crippen LogP contribution in [0.15, 0.2) is 30.5 Å². The van der Waals surface area contributed by atoms with Gasteiger partial charge in [0.05, 0.1) is 31.6 Å². The SMILES string of the molecule is C[C@H]1CN([C@@H](C)CO)C(=O)CCCn2cc(nn2)CO[C@H]1CN(C)C(=O)c1ccc(N2CCN(C)CC2)cc1. The molecule has 0 radical (unpaired) electrons. The van der Waals surface area contributed by atoms with Gasteiger partial charge in [-0.15, -0.1) is 5.10 Å². The maximum atomic E-state index is 13.4. The second-order valence-electron chi connectivity index (χ2n) is 11.0. The zero-order valence-electron chi connectivity index (χ0n) is 23.7. The molecule has 2 aromatic rings. The average Bonchev–Trinajstić information content (AvgIpc) is 3.40. The fourth-order valence-corrected chi connectivity index (χ4v) is 5.15. The molecule has 2 aliphatic rings. The van der Waals surface area contributed by atoms with E-state index in [9.17, 15) is 14.7 Å². The number of aromatic nitrogens is 3. The summed E-state index contributed by atoms with van der Waals surface area (Å²) in [7, 11) is 3.92. The van der Waals surface area contributed by atoms with Gasteiger partial charge in [0, 0.05) is 76.5 Å². The summed E-state index contributed by atoms with van der Waals surface area (Å²) in [4.78, 5) is 34.5. The van der Waals surface area contributed by atoms with E-state index in [4.69, 9.17) is 4.74 Å². The zero-order valence-corrected chi connectivity index (χ0v) is 23.7. The Morgan fingerprint density at radius 2 is 1.90 bits per heavy atom. The van der Waals surface area contributed by atoms with Crippen LogP contribution in [-0.4, -0.2) is 119 Å². The number of aliphatic hydroxyl groups excluding tert-OH is 1. The number of benzene rings is 1. The standard InChI is InChI=1S/C28H43N7O4/c1-21-16-35(22(2)19-36)27(37)6-5-11-34-17-24(29-30-34)20-39-26(21)18-32(4)28(38)23-7-9-25(10-8-23)33-14-12-31(3)13-15-33/h7-10,17,21-22,26,36H,5-6,11-16,18-20H2,1-4H3/t21-,22-,26-/m0/s1. The van der Waals surface area contributed by atoms with E-state index in [1.54, 1.807) is 21.5 Å². The van der Waals surface area contributed by atoms with Gasteiger partial charge in [-0.25, -0.2) is 0 Å². The van der Waals surface area contributed by atoms with E-state index < -0.39 is 0 Å². The molecule has 0 saturated carbocycles. The molecule has 3 heterocycles. The third kappa shape index (κ3) is 7.55. The summed E-state index contributed by atoms with van der Waals surface area (Å²) in [6.07, 6.45) is 2.49. The Labute approximate surface area is 231 Å². The minimum atomic E-state index is -0.351. The fourth-order valence-electron chi connectivity index (χ4n) is 5.15. The molecule has 0 spiro atoms. The number of anilines is 1. The Morgan fingerprint density at radius 1 is 1.18 bits per heavy atom. The summed E-state index contributed by atoms with van der Waals surface area (Å²) in [5.74, 6) is -0.179. The molecule has 2 aliphatic heterocycles. The molecule has 2 bridgehead atoms. The summed E-state index contributed by atoms with van der Waals surface area (Å²) in [5.41, 5.74) is 2.47. The average molecular weight is 542 g/mol. The third-order valence-electron chi connectivity index (χ3n) is 7.83. The van der Waals surface area contributed by atoms with Gasteiger partial charge in [-0.3, -0.25) is 14.3 Å². The number of aryl methyl sites for hydroxylation is 1. The number of nitrogens with zero attached hydrogens (tertiary/aromatic N) is 7. The Morgan fingerprint density at radius 3 is 2.59 bits per heavy atom. The van der Waals surface area contributed by atoms with Gasteiger partial charge in [0.1, 0.15) is 5.69 Å². The smallest absolute Gasteiger partial charge is 0.253 e. The highest BCUT2D eigenvalue weighted by Crippen LogP contribution is 2.20. The Bertz CT molecular complexity index is 1080. The predicted octanol–water partition coefficient (Wildman–Crippen LogP) is 1.33. The highest BCUT2D eigenvalue weighted by Gasteiger charge is 2.29. The van der Waals surface area contributed by atoms with Crippen molar-refractivity contribution in [1.82, 2.24) is 29.7 Å². The Hall–Kier alpha value is -3.02. The van der Waals surface area contributed by atoms with Crippen molar-refractivity contribution >= 4 is 17.5 Å². The van der Waals surface area contributed by atoms with Crippen molar-refractivity contribution < 1.29 is 19.4 Å². The number of carbonyl (C=O) groups excluding carboxylic acids is 2. The predicted molar refractivity (Wildman–Crippen MR) is 148 cm³/mol. The first kappa shape index (κ1) is 29.0. The van der Waals surface area contributed by atoms with E-state index in [-0.39, 0.29) is 43.1 Å². The van der Waals surface area contributed by atoms with Crippen LogP contribution >= 0.6 is 0 Å². The lowest BCUT2D eigenvalue weighted by atomic mass is 10.0. The molecular formula is C28H43N7O4. The van der Waals surface area contributed by atoms with E-state index in [0.29, 0.717) is 43.7 Å². The van der Waals surface area contributed by atoms with Gasteiger partial charge < -0.3 is 29.4 Å².